The highest BCUT2D eigenvalue weighted by atomic mass is 16.5. The summed E-state index contributed by atoms with van der Waals surface area (Å²) in [6, 6.07) is 2.18. The van der Waals surface area contributed by atoms with Crippen LogP contribution in [0.3, 0.4) is 0 Å². The molecule has 0 aromatic rings. The third-order valence-electron chi connectivity index (χ3n) is 2.95. The molecule has 74 valence electrons. The second-order valence-corrected chi connectivity index (χ2v) is 3.90. The first-order valence-electron chi connectivity index (χ1n) is 4.85. The number of hydrogen-bond acceptors (Lipinski definition) is 3. The molecule has 0 aromatic heterocycles. The molecule has 3 heteroatoms. The predicted molar refractivity (Wildman–Crippen MR) is 51.3 cm³/mol. The van der Waals surface area contributed by atoms with Gasteiger partial charge in [-0.05, 0) is 19.8 Å². The minimum Gasteiger partial charge on any atom is -0.378 e. The fourth-order valence-electron chi connectivity index (χ4n) is 1.66. The van der Waals surface area contributed by atoms with E-state index in [1.807, 2.05) is 0 Å². The van der Waals surface area contributed by atoms with E-state index in [1.54, 1.807) is 7.11 Å². The molecule has 0 bridgehead atoms. The molecule has 1 rings (SSSR count). The first-order valence-corrected chi connectivity index (χ1v) is 4.85. The number of methoxy groups -OCH3 is 1. The summed E-state index contributed by atoms with van der Waals surface area (Å²) in [5.41, 5.74) is 0.0726. The molecule has 0 saturated carbocycles. The second kappa shape index (κ2) is 4.59. The number of likely N-dealkylation sites (tertiary alicyclic amines) is 1. The van der Waals surface area contributed by atoms with E-state index in [0.717, 1.165) is 32.5 Å². The molecular weight excluding hydrogens is 164 g/mol. The number of hydrogen-bond donors (Lipinski definition) is 0. The van der Waals surface area contributed by atoms with Gasteiger partial charge in [0.1, 0.15) is 0 Å². The van der Waals surface area contributed by atoms with Crippen molar-refractivity contribution < 1.29 is 4.74 Å². The van der Waals surface area contributed by atoms with Crippen LogP contribution in [0.25, 0.3) is 0 Å². The van der Waals surface area contributed by atoms with Crippen LogP contribution in [0, 0.1) is 11.3 Å². The Morgan fingerprint density at radius 2 is 2.08 bits per heavy atom. The van der Waals surface area contributed by atoms with Crippen LogP contribution in [0.1, 0.15) is 26.2 Å². The van der Waals surface area contributed by atoms with Gasteiger partial charge in [0.05, 0.1) is 11.7 Å². The second-order valence-electron chi connectivity index (χ2n) is 3.90. The zero-order valence-corrected chi connectivity index (χ0v) is 8.55. The summed E-state index contributed by atoms with van der Waals surface area (Å²) in [5, 5.41) is 8.44. The van der Waals surface area contributed by atoms with Crippen molar-refractivity contribution in [3.8, 4) is 6.07 Å². The SMILES string of the molecule is COC1(C)CCN(CCC#N)CC1. The van der Waals surface area contributed by atoms with Crippen LogP contribution in [0.5, 0.6) is 0 Å². The molecule has 0 unspecified atom stereocenters. The molecule has 0 radical (unpaired) electrons. The van der Waals surface area contributed by atoms with Crippen molar-refractivity contribution in [3.05, 3.63) is 0 Å². The highest BCUT2D eigenvalue weighted by molar-refractivity contribution is 4.84. The summed E-state index contributed by atoms with van der Waals surface area (Å²) in [6.07, 6.45) is 2.80. The molecule has 13 heavy (non-hydrogen) atoms. The third-order valence-corrected chi connectivity index (χ3v) is 2.95. The molecule has 0 spiro atoms. The third kappa shape index (κ3) is 2.98. The molecule has 0 amide bonds. The van der Waals surface area contributed by atoms with Gasteiger partial charge in [-0.25, -0.2) is 0 Å². The topological polar surface area (TPSA) is 36.3 Å². The molecule has 0 aliphatic carbocycles. The Balaban J connectivity index is 2.27. The van der Waals surface area contributed by atoms with Gasteiger partial charge < -0.3 is 9.64 Å². The zero-order chi connectivity index (χ0) is 9.73. The smallest absolute Gasteiger partial charge is 0.0675 e. The van der Waals surface area contributed by atoms with Crippen molar-refractivity contribution in [3.63, 3.8) is 0 Å². The van der Waals surface area contributed by atoms with Crippen molar-refractivity contribution in [1.82, 2.24) is 4.90 Å². The fraction of sp³-hybridized carbons (Fsp3) is 0.900. The molecular formula is C10H18N2O. The number of ether oxygens (including phenoxy) is 1. The average molecular weight is 182 g/mol. The molecule has 1 fully saturated rings. The van der Waals surface area contributed by atoms with Gasteiger partial charge >= 0.3 is 0 Å². The maximum atomic E-state index is 8.44. The van der Waals surface area contributed by atoms with Gasteiger partial charge in [-0.1, -0.05) is 0 Å². The lowest BCUT2D eigenvalue weighted by Crippen LogP contribution is -2.43. The van der Waals surface area contributed by atoms with Crippen molar-refractivity contribution in [2.24, 2.45) is 0 Å². The Labute approximate surface area is 80.3 Å². The van der Waals surface area contributed by atoms with Gasteiger partial charge in [0.25, 0.3) is 0 Å². The molecule has 0 N–H and O–H groups in total. The summed E-state index contributed by atoms with van der Waals surface area (Å²) in [7, 11) is 1.78. The van der Waals surface area contributed by atoms with E-state index < -0.39 is 0 Å². The van der Waals surface area contributed by atoms with E-state index >= 15 is 0 Å². The number of nitriles is 1. The Kier molecular flexibility index (Phi) is 3.71. The van der Waals surface area contributed by atoms with Crippen molar-refractivity contribution in [2.45, 2.75) is 31.8 Å². The van der Waals surface area contributed by atoms with Gasteiger partial charge in [0, 0.05) is 33.2 Å². The Bertz CT molecular complexity index is 190. The summed E-state index contributed by atoms with van der Waals surface area (Å²) in [4.78, 5) is 2.34. The number of nitrogens with zero attached hydrogens (tertiary/aromatic N) is 2. The Hall–Kier alpha value is -0.590. The normalized spacial score (nSPS) is 22.5. The van der Waals surface area contributed by atoms with E-state index in [9.17, 15) is 0 Å². The van der Waals surface area contributed by atoms with E-state index in [-0.39, 0.29) is 5.60 Å². The first-order chi connectivity index (χ1) is 6.20. The van der Waals surface area contributed by atoms with Gasteiger partial charge in [0.15, 0.2) is 0 Å². The number of piperidine rings is 1. The lowest BCUT2D eigenvalue weighted by atomic mass is 9.93. The summed E-state index contributed by atoms with van der Waals surface area (Å²) in [6.45, 7) is 5.20. The predicted octanol–water partition coefficient (Wildman–Crippen LogP) is 1.40. The minimum absolute atomic E-state index is 0.0726. The largest absolute Gasteiger partial charge is 0.378 e. The molecule has 3 nitrogen and oxygen atoms in total. The van der Waals surface area contributed by atoms with Crippen LogP contribution >= 0.6 is 0 Å². The molecule has 0 atom stereocenters. The summed E-state index contributed by atoms with van der Waals surface area (Å²) < 4.78 is 5.44. The van der Waals surface area contributed by atoms with E-state index in [2.05, 4.69) is 17.9 Å². The lowest BCUT2D eigenvalue weighted by Gasteiger charge is -2.38. The van der Waals surface area contributed by atoms with Gasteiger partial charge in [0.2, 0.25) is 0 Å². The van der Waals surface area contributed by atoms with Gasteiger partial charge in [-0.2, -0.15) is 5.26 Å². The van der Waals surface area contributed by atoms with Crippen LogP contribution in [0.4, 0.5) is 0 Å². The molecule has 1 saturated heterocycles. The van der Waals surface area contributed by atoms with E-state index in [0.29, 0.717) is 6.42 Å². The summed E-state index contributed by atoms with van der Waals surface area (Å²) >= 11 is 0. The maximum Gasteiger partial charge on any atom is 0.0675 e. The highest BCUT2D eigenvalue weighted by Crippen LogP contribution is 2.24. The zero-order valence-electron chi connectivity index (χ0n) is 8.55. The molecule has 1 aliphatic heterocycles. The molecule has 0 aromatic carbocycles. The van der Waals surface area contributed by atoms with Crippen molar-refractivity contribution in [1.29, 1.82) is 5.26 Å². The monoisotopic (exact) mass is 182 g/mol. The minimum atomic E-state index is 0.0726. The van der Waals surface area contributed by atoms with Crippen LogP contribution in [0.15, 0.2) is 0 Å². The fourth-order valence-corrected chi connectivity index (χ4v) is 1.66. The van der Waals surface area contributed by atoms with Crippen LogP contribution in [0.2, 0.25) is 0 Å². The van der Waals surface area contributed by atoms with Crippen LogP contribution in [-0.2, 0) is 4.74 Å². The molecule has 1 heterocycles. The summed E-state index contributed by atoms with van der Waals surface area (Å²) in [5.74, 6) is 0. The van der Waals surface area contributed by atoms with Crippen LogP contribution in [-0.4, -0.2) is 37.2 Å². The van der Waals surface area contributed by atoms with E-state index in [1.165, 1.54) is 0 Å². The lowest BCUT2D eigenvalue weighted by molar-refractivity contribution is -0.0421. The quantitative estimate of drug-likeness (QED) is 0.662. The Morgan fingerprint density at radius 3 is 2.54 bits per heavy atom. The standard InChI is InChI=1S/C10H18N2O/c1-10(13-2)4-8-12(9-5-10)7-3-6-11/h3-5,7-9H2,1-2H3. The van der Waals surface area contributed by atoms with Crippen molar-refractivity contribution >= 4 is 0 Å². The highest BCUT2D eigenvalue weighted by Gasteiger charge is 2.29. The van der Waals surface area contributed by atoms with Gasteiger partial charge in [-0.3, -0.25) is 0 Å². The Morgan fingerprint density at radius 1 is 1.46 bits per heavy atom. The van der Waals surface area contributed by atoms with Crippen LogP contribution < -0.4 is 0 Å². The van der Waals surface area contributed by atoms with E-state index in [4.69, 9.17) is 10.00 Å². The van der Waals surface area contributed by atoms with Gasteiger partial charge in [-0.15, -0.1) is 0 Å². The first kappa shape index (κ1) is 10.5. The molecule has 1 aliphatic rings. The van der Waals surface area contributed by atoms with Crippen molar-refractivity contribution in [2.75, 3.05) is 26.7 Å². The average Bonchev–Trinajstić information content (AvgIpc) is 2.17. The maximum absolute atomic E-state index is 8.44. The number of rotatable bonds is 3.